The summed E-state index contributed by atoms with van der Waals surface area (Å²) in [4.78, 5) is 12.4. The number of ketones is 1. The van der Waals surface area contributed by atoms with E-state index >= 15 is 0 Å². The number of carbonyl (C=O) groups is 1. The molecule has 0 radical (unpaired) electrons. The Bertz CT molecular complexity index is 589. The Hall–Kier alpha value is -1.13. The highest BCUT2D eigenvalue weighted by atomic mass is 79.9. The fourth-order valence-electron chi connectivity index (χ4n) is 2.19. The number of rotatable bonds is 4. The molecular formula is C14H17BrN2O. The first-order valence-corrected chi connectivity index (χ1v) is 6.86. The summed E-state index contributed by atoms with van der Waals surface area (Å²) >= 11 is 3.46. The molecule has 1 heterocycles. The second kappa shape index (κ2) is 5.24. The molecule has 1 N–H and O–H groups in total. The Kier molecular flexibility index (Phi) is 3.88. The molecule has 0 amide bonds. The minimum atomic E-state index is -0.153. The molecule has 0 saturated carbocycles. The SMILES string of the molecule is CCNC(C)C(=O)c1cn(C)c2ccc(Br)cc12. The number of hydrogen-bond acceptors (Lipinski definition) is 2. The summed E-state index contributed by atoms with van der Waals surface area (Å²) < 4.78 is 2.99. The minimum absolute atomic E-state index is 0.139. The Morgan fingerprint density at radius 2 is 2.22 bits per heavy atom. The van der Waals surface area contributed by atoms with Gasteiger partial charge in [-0.15, -0.1) is 0 Å². The monoisotopic (exact) mass is 308 g/mol. The smallest absolute Gasteiger partial charge is 0.181 e. The highest BCUT2D eigenvalue weighted by Crippen LogP contribution is 2.25. The number of carbonyl (C=O) groups excluding carboxylic acids is 1. The van der Waals surface area contributed by atoms with E-state index in [1.54, 1.807) is 0 Å². The number of benzene rings is 1. The molecule has 0 saturated heterocycles. The number of Topliss-reactive ketones (excluding diaryl/α,β-unsaturated/α-hetero) is 1. The van der Waals surface area contributed by atoms with Gasteiger partial charge in [0.15, 0.2) is 5.78 Å². The molecule has 1 atom stereocenters. The maximum Gasteiger partial charge on any atom is 0.181 e. The van der Waals surface area contributed by atoms with Gasteiger partial charge in [-0.25, -0.2) is 0 Å². The van der Waals surface area contributed by atoms with Crippen molar-refractivity contribution >= 4 is 32.6 Å². The van der Waals surface area contributed by atoms with Gasteiger partial charge < -0.3 is 9.88 Å². The molecule has 0 aliphatic rings. The van der Waals surface area contributed by atoms with Gasteiger partial charge >= 0.3 is 0 Å². The van der Waals surface area contributed by atoms with Crippen LogP contribution in [0.4, 0.5) is 0 Å². The van der Waals surface area contributed by atoms with Crippen molar-refractivity contribution in [3.63, 3.8) is 0 Å². The van der Waals surface area contributed by atoms with Gasteiger partial charge in [-0.05, 0) is 31.7 Å². The van der Waals surface area contributed by atoms with Gasteiger partial charge in [0.1, 0.15) is 0 Å². The van der Waals surface area contributed by atoms with Crippen LogP contribution in [0.1, 0.15) is 24.2 Å². The first-order chi connectivity index (χ1) is 8.54. The van der Waals surface area contributed by atoms with Gasteiger partial charge in [0, 0.05) is 34.2 Å². The van der Waals surface area contributed by atoms with Crippen LogP contribution >= 0.6 is 15.9 Å². The summed E-state index contributed by atoms with van der Waals surface area (Å²) in [6.45, 7) is 4.70. The maximum absolute atomic E-state index is 12.4. The largest absolute Gasteiger partial charge is 0.350 e. The third kappa shape index (κ3) is 2.35. The van der Waals surface area contributed by atoms with Crippen molar-refractivity contribution in [2.75, 3.05) is 6.54 Å². The molecule has 18 heavy (non-hydrogen) atoms. The molecule has 0 spiro atoms. The average Bonchev–Trinajstić information content (AvgIpc) is 2.65. The van der Waals surface area contributed by atoms with Crippen molar-refractivity contribution in [1.29, 1.82) is 0 Å². The lowest BCUT2D eigenvalue weighted by atomic mass is 10.0. The van der Waals surface area contributed by atoms with Crippen LogP contribution < -0.4 is 5.32 Å². The first kappa shape index (κ1) is 13.3. The molecule has 0 aliphatic carbocycles. The van der Waals surface area contributed by atoms with Crippen LogP contribution in [0.15, 0.2) is 28.9 Å². The van der Waals surface area contributed by atoms with E-state index in [1.165, 1.54) is 0 Å². The number of hydrogen-bond donors (Lipinski definition) is 1. The van der Waals surface area contributed by atoms with Gasteiger partial charge in [-0.2, -0.15) is 0 Å². The number of aryl methyl sites for hydroxylation is 1. The number of likely N-dealkylation sites (N-methyl/N-ethyl adjacent to an activating group) is 1. The van der Waals surface area contributed by atoms with Gasteiger partial charge in [0.25, 0.3) is 0 Å². The summed E-state index contributed by atoms with van der Waals surface area (Å²) in [7, 11) is 1.96. The third-order valence-electron chi connectivity index (χ3n) is 3.12. The number of nitrogens with zero attached hydrogens (tertiary/aromatic N) is 1. The van der Waals surface area contributed by atoms with Crippen molar-refractivity contribution in [3.8, 4) is 0 Å². The predicted molar refractivity (Wildman–Crippen MR) is 78.1 cm³/mol. The van der Waals surface area contributed by atoms with Crippen molar-refractivity contribution < 1.29 is 4.79 Å². The fraction of sp³-hybridized carbons (Fsp3) is 0.357. The highest BCUT2D eigenvalue weighted by molar-refractivity contribution is 9.10. The zero-order valence-electron chi connectivity index (χ0n) is 10.8. The lowest BCUT2D eigenvalue weighted by Gasteiger charge is -2.10. The fourth-order valence-corrected chi connectivity index (χ4v) is 2.55. The third-order valence-corrected chi connectivity index (χ3v) is 3.61. The Morgan fingerprint density at radius 3 is 2.89 bits per heavy atom. The molecular weight excluding hydrogens is 292 g/mol. The van der Waals surface area contributed by atoms with E-state index in [9.17, 15) is 4.79 Å². The summed E-state index contributed by atoms with van der Waals surface area (Å²) in [5.41, 5.74) is 1.85. The van der Waals surface area contributed by atoms with Crippen molar-refractivity contribution in [2.45, 2.75) is 19.9 Å². The van der Waals surface area contributed by atoms with Crippen LogP contribution in [0.2, 0.25) is 0 Å². The minimum Gasteiger partial charge on any atom is -0.350 e. The van der Waals surface area contributed by atoms with Crippen LogP contribution in [0, 0.1) is 0 Å². The van der Waals surface area contributed by atoms with Crippen LogP contribution in [0.25, 0.3) is 10.9 Å². The maximum atomic E-state index is 12.4. The van der Waals surface area contributed by atoms with Gasteiger partial charge in [-0.1, -0.05) is 22.9 Å². The number of aromatic nitrogens is 1. The summed E-state index contributed by atoms with van der Waals surface area (Å²) in [6.07, 6.45) is 1.91. The van der Waals surface area contributed by atoms with Crippen molar-refractivity contribution in [1.82, 2.24) is 9.88 Å². The van der Waals surface area contributed by atoms with Gasteiger partial charge in [0.2, 0.25) is 0 Å². The summed E-state index contributed by atoms with van der Waals surface area (Å²) in [5, 5.41) is 4.16. The Balaban J connectivity index is 2.51. The molecule has 1 unspecified atom stereocenters. The van der Waals surface area contributed by atoms with Crippen LogP contribution in [-0.4, -0.2) is 22.9 Å². The molecule has 1 aromatic carbocycles. The van der Waals surface area contributed by atoms with E-state index in [-0.39, 0.29) is 11.8 Å². The molecule has 0 aliphatic heterocycles. The highest BCUT2D eigenvalue weighted by Gasteiger charge is 2.19. The van der Waals surface area contributed by atoms with E-state index in [4.69, 9.17) is 0 Å². The van der Waals surface area contributed by atoms with Crippen LogP contribution in [0.5, 0.6) is 0 Å². The Morgan fingerprint density at radius 1 is 1.50 bits per heavy atom. The molecule has 0 bridgehead atoms. The molecule has 0 fully saturated rings. The first-order valence-electron chi connectivity index (χ1n) is 6.06. The quantitative estimate of drug-likeness (QED) is 0.881. The van der Waals surface area contributed by atoms with E-state index in [1.807, 2.05) is 49.9 Å². The second-order valence-corrected chi connectivity index (χ2v) is 5.37. The summed E-state index contributed by atoms with van der Waals surface area (Å²) in [5.74, 6) is 0.139. The normalized spacial score (nSPS) is 12.9. The average molecular weight is 309 g/mol. The van der Waals surface area contributed by atoms with Crippen molar-refractivity contribution in [3.05, 3.63) is 34.4 Å². The van der Waals surface area contributed by atoms with E-state index in [0.29, 0.717) is 0 Å². The number of nitrogens with one attached hydrogen (secondary N) is 1. The zero-order chi connectivity index (χ0) is 13.3. The number of halogens is 1. The Labute approximate surface area is 115 Å². The molecule has 2 aromatic rings. The van der Waals surface area contributed by atoms with E-state index in [0.717, 1.165) is 27.5 Å². The molecule has 2 rings (SSSR count). The molecule has 4 heteroatoms. The standard InChI is InChI=1S/C14H17BrN2O/c1-4-16-9(2)14(18)12-8-17(3)13-6-5-10(15)7-11(12)13/h5-9,16H,4H2,1-3H3. The lowest BCUT2D eigenvalue weighted by Crippen LogP contribution is -2.33. The second-order valence-electron chi connectivity index (χ2n) is 4.46. The predicted octanol–water partition coefficient (Wildman–Crippen LogP) is 3.12. The molecule has 1 aromatic heterocycles. The molecule has 3 nitrogen and oxygen atoms in total. The van der Waals surface area contributed by atoms with Crippen LogP contribution in [-0.2, 0) is 7.05 Å². The van der Waals surface area contributed by atoms with Gasteiger partial charge in [-0.3, -0.25) is 4.79 Å². The summed E-state index contributed by atoms with van der Waals surface area (Å²) in [6, 6.07) is 5.86. The topological polar surface area (TPSA) is 34.0 Å². The van der Waals surface area contributed by atoms with Gasteiger partial charge in [0.05, 0.1) is 6.04 Å². The van der Waals surface area contributed by atoms with Crippen molar-refractivity contribution in [2.24, 2.45) is 7.05 Å². The van der Waals surface area contributed by atoms with E-state index in [2.05, 4.69) is 21.2 Å². The van der Waals surface area contributed by atoms with Crippen LogP contribution in [0.3, 0.4) is 0 Å². The van der Waals surface area contributed by atoms with E-state index < -0.39 is 0 Å². The lowest BCUT2D eigenvalue weighted by molar-refractivity contribution is 0.0953. The molecule has 96 valence electrons. The zero-order valence-corrected chi connectivity index (χ0v) is 12.4. The number of fused-ring (bicyclic) bond motifs is 1.